The van der Waals surface area contributed by atoms with Crippen molar-refractivity contribution >= 4 is 0 Å². The van der Waals surface area contributed by atoms with E-state index in [1.54, 1.807) is 23.8 Å². The molecule has 6 atom stereocenters. The van der Waals surface area contributed by atoms with E-state index in [1.807, 2.05) is 0 Å². The van der Waals surface area contributed by atoms with Crippen molar-refractivity contribution in [1.29, 1.82) is 0 Å². The molecule has 2 heteroatoms. The number of benzene rings is 1. The topological polar surface area (TPSA) is 18.5 Å². The van der Waals surface area contributed by atoms with Crippen LogP contribution in [0.4, 0.5) is 0 Å². The van der Waals surface area contributed by atoms with Crippen LogP contribution in [0.2, 0.25) is 0 Å². The molecule has 4 aliphatic carbocycles. The Labute approximate surface area is 227 Å². The minimum absolute atomic E-state index is 0.196. The van der Waals surface area contributed by atoms with Gasteiger partial charge in [-0.2, -0.15) is 0 Å². The second kappa shape index (κ2) is 10.9. The first-order chi connectivity index (χ1) is 17.8. The Balaban J connectivity index is 1.35. The van der Waals surface area contributed by atoms with Crippen molar-refractivity contribution < 1.29 is 9.47 Å². The minimum Gasteiger partial charge on any atom is -0.497 e. The first-order valence-corrected chi connectivity index (χ1v) is 15.5. The molecule has 0 aromatic heterocycles. The van der Waals surface area contributed by atoms with Crippen LogP contribution >= 0.6 is 0 Å². The maximum absolute atomic E-state index is 6.83. The molecule has 1 aromatic rings. The van der Waals surface area contributed by atoms with Crippen LogP contribution in [0.15, 0.2) is 47.1 Å². The number of methoxy groups -OCH3 is 1. The SMILES string of the molecule is COc1ccc(COC2CCCC3CCC4=C(CC[C@@]5(C)C4=CC[C@@H]5[C@H](C)CCCC(C)C)[C@]32C)cc1. The highest BCUT2D eigenvalue weighted by Crippen LogP contribution is 2.64. The van der Waals surface area contributed by atoms with Crippen LogP contribution in [-0.4, -0.2) is 13.2 Å². The van der Waals surface area contributed by atoms with Crippen molar-refractivity contribution in [3.05, 3.63) is 52.6 Å². The molecule has 204 valence electrons. The van der Waals surface area contributed by atoms with Crippen LogP contribution in [0, 0.1) is 34.5 Å². The molecule has 2 nitrogen and oxygen atoms in total. The summed E-state index contributed by atoms with van der Waals surface area (Å²) in [4.78, 5) is 0. The number of ether oxygens (including phenoxy) is 2. The number of allylic oxidation sites excluding steroid dienone is 3. The van der Waals surface area contributed by atoms with E-state index in [2.05, 4.69) is 65.0 Å². The zero-order valence-electron chi connectivity index (χ0n) is 24.6. The van der Waals surface area contributed by atoms with Gasteiger partial charge in [-0.15, -0.1) is 0 Å². The lowest BCUT2D eigenvalue weighted by molar-refractivity contribution is -0.0859. The van der Waals surface area contributed by atoms with E-state index in [0.717, 1.165) is 29.4 Å². The van der Waals surface area contributed by atoms with E-state index in [0.29, 0.717) is 18.1 Å². The lowest BCUT2D eigenvalue weighted by Gasteiger charge is -2.56. The standard InChI is InChI=1S/C35H52O2/c1-24(2)9-7-10-25(3)30-19-20-31-29-18-15-27-11-8-12-33(35(27,5)32(29)21-22-34(30,31)4)37-23-26-13-16-28(36-6)17-14-26/h13-14,16-17,20,24-25,27,30,33H,7-12,15,18-19,21-23H2,1-6H3/t25-,27?,30-,33?,34-,35+/m1/s1. The molecular formula is C35H52O2. The molecule has 4 aliphatic rings. The molecular weight excluding hydrogens is 452 g/mol. The van der Waals surface area contributed by atoms with Gasteiger partial charge in [0.2, 0.25) is 0 Å². The van der Waals surface area contributed by atoms with Gasteiger partial charge in [0, 0.05) is 5.41 Å². The molecule has 2 unspecified atom stereocenters. The molecule has 1 fully saturated rings. The molecule has 1 aromatic carbocycles. The second-order valence-corrected chi connectivity index (χ2v) is 13.7. The van der Waals surface area contributed by atoms with Gasteiger partial charge in [0.25, 0.3) is 0 Å². The summed E-state index contributed by atoms with van der Waals surface area (Å²) in [5.74, 6) is 4.16. The lowest BCUT2D eigenvalue weighted by Crippen LogP contribution is -2.49. The van der Waals surface area contributed by atoms with Crippen LogP contribution in [0.5, 0.6) is 5.75 Å². The fourth-order valence-corrected chi connectivity index (χ4v) is 9.00. The average molecular weight is 505 g/mol. The van der Waals surface area contributed by atoms with E-state index in [1.165, 1.54) is 76.2 Å². The summed E-state index contributed by atoms with van der Waals surface area (Å²) >= 11 is 0. The summed E-state index contributed by atoms with van der Waals surface area (Å²) in [5.41, 5.74) is 7.15. The summed E-state index contributed by atoms with van der Waals surface area (Å²) in [6, 6.07) is 8.43. The van der Waals surface area contributed by atoms with E-state index in [4.69, 9.17) is 9.47 Å². The smallest absolute Gasteiger partial charge is 0.118 e. The van der Waals surface area contributed by atoms with Crippen molar-refractivity contribution in [3.63, 3.8) is 0 Å². The molecule has 0 saturated heterocycles. The molecule has 5 rings (SSSR count). The molecule has 0 bridgehead atoms. The Bertz CT molecular complexity index is 1000. The van der Waals surface area contributed by atoms with Crippen LogP contribution in [0.1, 0.15) is 111 Å². The molecule has 1 saturated carbocycles. The van der Waals surface area contributed by atoms with Crippen LogP contribution in [0.3, 0.4) is 0 Å². The normalized spacial score (nSPS) is 34.0. The predicted octanol–water partition coefficient (Wildman–Crippen LogP) is 9.69. The average Bonchev–Trinajstić information content (AvgIpc) is 3.24. The van der Waals surface area contributed by atoms with Crippen molar-refractivity contribution in [2.75, 3.05) is 7.11 Å². The van der Waals surface area contributed by atoms with Crippen LogP contribution < -0.4 is 4.74 Å². The Morgan fingerprint density at radius 2 is 1.76 bits per heavy atom. The summed E-state index contributed by atoms with van der Waals surface area (Å²) in [6.45, 7) is 13.2. The van der Waals surface area contributed by atoms with E-state index < -0.39 is 0 Å². The summed E-state index contributed by atoms with van der Waals surface area (Å²) in [6.07, 6.45) is 17.6. The number of hydrogen-bond acceptors (Lipinski definition) is 2. The van der Waals surface area contributed by atoms with Crippen molar-refractivity contribution in [2.45, 2.75) is 118 Å². The molecule has 0 amide bonds. The molecule has 0 aliphatic heterocycles. The Morgan fingerprint density at radius 3 is 2.49 bits per heavy atom. The highest BCUT2D eigenvalue weighted by molar-refractivity contribution is 5.50. The fraction of sp³-hybridized carbons (Fsp3) is 0.714. The highest BCUT2D eigenvalue weighted by Gasteiger charge is 2.55. The Kier molecular flexibility index (Phi) is 7.98. The maximum Gasteiger partial charge on any atom is 0.118 e. The zero-order valence-corrected chi connectivity index (χ0v) is 24.6. The first kappa shape index (κ1) is 27.0. The van der Waals surface area contributed by atoms with Gasteiger partial charge in [-0.25, -0.2) is 0 Å². The van der Waals surface area contributed by atoms with Gasteiger partial charge in [0.05, 0.1) is 19.8 Å². The van der Waals surface area contributed by atoms with E-state index >= 15 is 0 Å². The van der Waals surface area contributed by atoms with Gasteiger partial charge in [-0.1, -0.05) is 84.1 Å². The largest absolute Gasteiger partial charge is 0.497 e. The summed E-state index contributed by atoms with van der Waals surface area (Å²) < 4.78 is 12.2. The molecule has 0 N–H and O–H groups in total. The number of fused-ring (bicyclic) bond motifs is 4. The maximum atomic E-state index is 6.83. The van der Waals surface area contributed by atoms with Gasteiger partial charge in [0.1, 0.15) is 5.75 Å². The monoisotopic (exact) mass is 504 g/mol. The van der Waals surface area contributed by atoms with Gasteiger partial charge >= 0.3 is 0 Å². The van der Waals surface area contributed by atoms with Gasteiger partial charge in [-0.05, 0) is 103 Å². The summed E-state index contributed by atoms with van der Waals surface area (Å²) in [5, 5.41) is 0. The lowest BCUT2D eigenvalue weighted by atomic mass is 9.51. The van der Waals surface area contributed by atoms with Crippen LogP contribution in [0.25, 0.3) is 0 Å². The number of hydrogen-bond donors (Lipinski definition) is 0. The minimum atomic E-state index is 0.196. The van der Waals surface area contributed by atoms with Crippen molar-refractivity contribution in [2.24, 2.45) is 34.5 Å². The van der Waals surface area contributed by atoms with E-state index in [-0.39, 0.29) is 5.41 Å². The molecule has 0 spiro atoms. The van der Waals surface area contributed by atoms with Crippen molar-refractivity contribution in [1.82, 2.24) is 0 Å². The molecule has 0 radical (unpaired) electrons. The second-order valence-electron chi connectivity index (χ2n) is 13.7. The van der Waals surface area contributed by atoms with Crippen LogP contribution in [-0.2, 0) is 11.3 Å². The fourth-order valence-electron chi connectivity index (χ4n) is 9.00. The third kappa shape index (κ3) is 4.97. The van der Waals surface area contributed by atoms with E-state index in [9.17, 15) is 0 Å². The Morgan fingerprint density at radius 1 is 0.973 bits per heavy atom. The Hall–Kier alpha value is -1.54. The first-order valence-electron chi connectivity index (χ1n) is 15.5. The predicted molar refractivity (Wildman–Crippen MR) is 155 cm³/mol. The third-order valence-corrected chi connectivity index (χ3v) is 11.3. The van der Waals surface area contributed by atoms with Gasteiger partial charge < -0.3 is 9.47 Å². The van der Waals surface area contributed by atoms with Crippen molar-refractivity contribution in [3.8, 4) is 5.75 Å². The highest BCUT2D eigenvalue weighted by atomic mass is 16.5. The van der Waals surface area contributed by atoms with Gasteiger partial charge in [-0.3, -0.25) is 0 Å². The third-order valence-electron chi connectivity index (χ3n) is 11.3. The molecule has 0 heterocycles. The zero-order chi connectivity index (χ0) is 26.2. The van der Waals surface area contributed by atoms with Gasteiger partial charge in [0.15, 0.2) is 0 Å². The summed E-state index contributed by atoms with van der Waals surface area (Å²) in [7, 11) is 1.73. The molecule has 37 heavy (non-hydrogen) atoms. The number of rotatable bonds is 9. The quantitative estimate of drug-likeness (QED) is 0.333.